The van der Waals surface area contributed by atoms with Crippen molar-refractivity contribution in [3.63, 3.8) is 0 Å². The van der Waals surface area contributed by atoms with Gasteiger partial charge in [-0.2, -0.15) is 0 Å². The molecule has 0 saturated heterocycles. The summed E-state index contributed by atoms with van der Waals surface area (Å²) in [6, 6.07) is 6.36. The highest BCUT2D eigenvalue weighted by molar-refractivity contribution is 7.90. The lowest BCUT2D eigenvalue weighted by Crippen LogP contribution is -2.29. The highest BCUT2D eigenvalue weighted by Crippen LogP contribution is 2.09. The lowest BCUT2D eigenvalue weighted by molar-refractivity contribution is -0.118. The zero-order valence-corrected chi connectivity index (χ0v) is 12.0. The minimum Gasteiger partial charge on any atom is -0.274 e. The van der Waals surface area contributed by atoms with Gasteiger partial charge in [0.2, 0.25) is 5.91 Å². The van der Waals surface area contributed by atoms with E-state index in [-0.39, 0.29) is 11.3 Å². The molecule has 104 valence electrons. The van der Waals surface area contributed by atoms with E-state index in [1.54, 1.807) is 18.2 Å². The first-order chi connectivity index (χ1) is 8.95. The van der Waals surface area contributed by atoms with Crippen LogP contribution in [0.4, 0.5) is 0 Å². The monoisotopic (exact) mass is 281 g/mol. The van der Waals surface area contributed by atoms with Crippen LogP contribution in [-0.4, -0.2) is 14.3 Å². The summed E-state index contributed by atoms with van der Waals surface area (Å²) in [5.41, 5.74) is 0.966. The molecule has 5 heteroatoms. The zero-order chi connectivity index (χ0) is 14.3. The number of unbranched alkanes of at least 4 members (excludes halogenated alkanes) is 1. The Morgan fingerprint density at radius 3 is 2.42 bits per heavy atom. The minimum absolute atomic E-state index is 0.0745. The first kappa shape index (κ1) is 15.4. The zero-order valence-electron chi connectivity index (χ0n) is 11.2. The van der Waals surface area contributed by atoms with Crippen LogP contribution in [-0.2, 0) is 14.8 Å². The average Bonchev–Trinajstić information content (AvgIpc) is 2.34. The molecule has 1 rings (SSSR count). The Hall–Kier alpha value is -1.62. The van der Waals surface area contributed by atoms with Crippen molar-refractivity contribution in [1.82, 2.24) is 4.72 Å². The Kier molecular flexibility index (Phi) is 5.76. The predicted molar refractivity (Wildman–Crippen MR) is 75.2 cm³/mol. The number of hydrogen-bond donors (Lipinski definition) is 1. The third-order valence-electron chi connectivity index (χ3n) is 2.50. The topological polar surface area (TPSA) is 63.2 Å². The van der Waals surface area contributed by atoms with Gasteiger partial charge >= 0.3 is 0 Å². The number of carbonyl (C=O) groups excluding carboxylic acids is 1. The van der Waals surface area contributed by atoms with Crippen LogP contribution in [0.2, 0.25) is 0 Å². The standard InChI is InChI=1S/C14H19NO3S/c1-3-4-5-6-7-14(16)15-19(17,18)13-10-8-12(2)9-11-13/h5-6,8-11H,3-4,7H2,1-2H3,(H,15,16)/b6-5+. The molecule has 19 heavy (non-hydrogen) atoms. The van der Waals surface area contributed by atoms with Crippen LogP contribution in [0.25, 0.3) is 0 Å². The summed E-state index contributed by atoms with van der Waals surface area (Å²) in [7, 11) is -3.75. The van der Waals surface area contributed by atoms with Gasteiger partial charge in [0.1, 0.15) is 0 Å². The fraction of sp³-hybridized carbons (Fsp3) is 0.357. The first-order valence-electron chi connectivity index (χ1n) is 6.23. The fourth-order valence-corrected chi connectivity index (χ4v) is 2.44. The Morgan fingerprint density at radius 2 is 1.84 bits per heavy atom. The fourth-order valence-electron chi connectivity index (χ4n) is 1.44. The summed E-state index contributed by atoms with van der Waals surface area (Å²) < 4.78 is 25.8. The number of aryl methyl sites for hydroxylation is 1. The lowest BCUT2D eigenvalue weighted by atomic mass is 10.2. The Balaban J connectivity index is 2.64. The van der Waals surface area contributed by atoms with E-state index in [9.17, 15) is 13.2 Å². The Morgan fingerprint density at radius 1 is 1.21 bits per heavy atom. The summed E-state index contributed by atoms with van der Waals surface area (Å²) in [6.07, 6.45) is 5.52. The summed E-state index contributed by atoms with van der Waals surface area (Å²) in [5, 5.41) is 0. The van der Waals surface area contributed by atoms with Crippen LogP contribution in [0.3, 0.4) is 0 Å². The molecule has 0 aliphatic heterocycles. The molecule has 4 nitrogen and oxygen atoms in total. The number of rotatable bonds is 6. The highest BCUT2D eigenvalue weighted by atomic mass is 32.2. The lowest BCUT2D eigenvalue weighted by Gasteiger charge is -2.05. The molecule has 0 spiro atoms. The molecule has 0 saturated carbocycles. The number of amides is 1. The molecule has 0 aromatic heterocycles. The number of hydrogen-bond acceptors (Lipinski definition) is 3. The number of benzene rings is 1. The van der Waals surface area contributed by atoms with Gasteiger partial charge in [-0.25, -0.2) is 13.1 Å². The van der Waals surface area contributed by atoms with Crippen molar-refractivity contribution in [3.8, 4) is 0 Å². The summed E-state index contributed by atoms with van der Waals surface area (Å²) in [6.45, 7) is 3.90. The smallest absolute Gasteiger partial charge is 0.264 e. The van der Waals surface area contributed by atoms with Gasteiger partial charge in [-0.1, -0.05) is 43.2 Å². The summed E-state index contributed by atoms with van der Waals surface area (Å²) in [4.78, 5) is 11.6. The predicted octanol–water partition coefficient (Wildman–Crippen LogP) is 2.55. The second-order valence-electron chi connectivity index (χ2n) is 4.31. The van der Waals surface area contributed by atoms with Gasteiger partial charge in [-0.15, -0.1) is 0 Å². The van der Waals surface area contributed by atoms with Crippen molar-refractivity contribution in [1.29, 1.82) is 0 Å². The van der Waals surface area contributed by atoms with Gasteiger partial charge in [0.05, 0.1) is 4.90 Å². The van der Waals surface area contributed by atoms with Gasteiger partial charge in [-0.05, 0) is 25.5 Å². The SMILES string of the molecule is CCC/C=C/CC(=O)NS(=O)(=O)c1ccc(C)cc1. The van der Waals surface area contributed by atoms with Crippen LogP contribution >= 0.6 is 0 Å². The van der Waals surface area contributed by atoms with Crippen molar-refractivity contribution in [3.05, 3.63) is 42.0 Å². The normalized spacial score (nSPS) is 11.7. The van der Waals surface area contributed by atoms with Crippen molar-refractivity contribution < 1.29 is 13.2 Å². The minimum atomic E-state index is -3.75. The quantitative estimate of drug-likeness (QED) is 0.815. The van der Waals surface area contributed by atoms with Gasteiger partial charge in [0, 0.05) is 6.42 Å². The second-order valence-corrected chi connectivity index (χ2v) is 5.99. The number of sulfonamides is 1. The number of nitrogens with one attached hydrogen (secondary N) is 1. The van der Waals surface area contributed by atoms with E-state index in [1.165, 1.54) is 12.1 Å². The van der Waals surface area contributed by atoms with E-state index < -0.39 is 15.9 Å². The molecule has 1 aromatic rings. The molecule has 1 amide bonds. The maximum Gasteiger partial charge on any atom is 0.264 e. The van der Waals surface area contributed by atoms with Crippen LogP contribution in [0, 0.1) is 6.92 Å². The molecule has 0 fully saturated rings. The van der Waals surface area contributed by atoms with E-state index in [2.05, 4.69) is 4.72 Å². The van der Waals surface area contributed by atoms with E-state index in [0.29, 0.717) is 0 Å². The Bertz CT molecular complexity index is 545. The average molecular weight is 281 g/mol. The number of carbonyl (C=O) groups is 1. The first-order valence-corrected chi connectivity index (χ1v) is 7.71. The van der Waals surface area contributed by atoms with Gasteiger partial charge < -0.3 is 0 Å². The van der Waals surface area contributed by atoms with Crippen molar-refractivity contribution >= 4 is 15.9 Å². The van der Waals surface area contributed by atoms with Crippen LogP contribution in [0.1, 0.15) is 31.7 Å². The number of allylic oxidation sites excluding steroid dienone is 1. The largest absolute Gasteiger partial charge is 0.274 e. The third kappa shape index (κ3) is 5.26. The molecule has 0 aliphatic carbocycles. The third-order valence-corrected chi connectivity index (χ3v) is 3.89. The maximum atomic E-state index is 11.9. The van der Waals surface area contributed by atoms with Gasteiger partial charge in [0.15, 0.2) is 0 Å². The summed E-state index contributed by atoms with van der Waals surface area (Å²) in [5.74, 6) is -0.520. The molecular weight excluding hydrogens is 262 g/mol. The molecule has 0 bridgehead atoms. The van der Waals surface area contributed by atoms with E-state index in [1.807, 2.05) is 19.9 Å². The maximum absolute atomic E-state index is 11.9. The molecule has 1 N–H and O–H groups in total. The van der Waals surface area contributed by atoms with Gasteiger partial charge in [0.25, 0.3) is 10.0 Å². The van der Waals surface area contributed by atoms with Crippen LogP contribution in [0.15, 0.2) is 41.3 Å². The molecular formula is C14H19NO3S. The van der Waals surface area contributed by atoms with Crippen LogP contribution < -0.4 is 4.72 Å². The molecule has 0 unspecified atom stereocenters. The molecule has 0 radical (unpaired) electrons. The molecule has 0 atom stereocenters. The molecule has 0 heterocycles. The Labute approximate surface area is 114 Å². The summed E-state index contributed by atoms with van der Waals surface area (Å²) >= 11 is 0. The van der Waals surface area contributed by atoms with E-state index in [4.69, 9.17) is 0 Å². The van der Waals surface area contributed by atoms with Crippen LogP contribution in [0.5, 0.6) is 0 Å². The van der Waals surface area contributed by atoms with Gasteiger partial charge in [-0.3, -0.25) is 4.79 Å². The molecule has 1 aromatic carbocycles. The van der Waals surface area contributed by atoms with Crippen molar-refractivity contribution in [2.75, 3.05) is 0 Å². The second kappa shape index (κ2) is 7.09. The van der Waals surface area contributed by atoms with Crippen molar-refractivity contribution in [2.45, 2.75) is 38.0 Å². The molecule has 0 aliphatic rings. The van der Waals surface area contributed by atoms with E-state index >= 15 is 0 Å². The van der Waals surface area contributed by atoms with E-state index in [0.717, 1.165) is 18.4 Å². The highest BCUT2D eigenvalue weighted by Gasteiger charge is 2.16. The van der Waals surface area contributed by atoms with Crippen molar-refractivity contribution in [2.24, 2.45) is 0 Å².